The zero-order chi connectivity index (χ0) is 12.5. The highest BCUT2D eigenvalue weighted by molar-refractivity contribution is 5.23. The molecule has 1 aliphatic carbocycles. The third-order valence-corrected chi connectivity index (χ3v) is 3.82. The van der Waals surface area contributed by atoms with Crippen LogP contribution in [-0.2, 0) is 0 Å². The number of hydrogen-bond acceptors (Lipinski definition) is 3. The monoisotopic (exact) mass is 237 g/mol. The lowest BCUT2D eigenvalue weighted by Gasteiger charge is -2.25. The average molecular weight is 237 g/mol. The molecular weight excluding hydrogens is 214 g/mol. The molecule has 0 bridgehead atoms. The van der Waals surface area contributed by atoms with Crippen LogP contribution in [0.4, 0.5) is 0 Å². The summed E-state index contributed by atoms with van der Waals surface area (Å²) in [6.07, 6.45) is 4.15. The number of aryl methyl sites for hydroxylation is 2. The zero-order valence-corrected chi connectivity index (χ0v) is 11.0. The minimum absolute atomic E-state index is 0.233. The van der Waals surface area contributed by atoms with Crippen molar-refractivity contribution in [1.82, 2.24) is 5.32 Å². The van der Waals surface area contributed by atoms with E-state index in [0.717, 1.165) is 37.2 Å². The summed E-state index contributed by atoms with van der Waals surface area (Å²) in [5.74, 6) is 1.92. The molecule has 2 rings (SSSR count). The molecule has 0 radical (unpaired) electrons. The fourth-order valence-electron chi connectivity index (χ4n) is 2.74. The minimum atomic E-state index is -0.485. The van der Waals surface area contributed by atoms with Crippen LogP contribution < -0.4 is 5.32 Å². The van der Waals surface area contributed by atoms with E-state index in [0.29, 0.717) is 6.54 Å². The largest absolute Gasteiger partial charge is 0.466 e. The van der Waals surface area contributed by atoms with Crippen LogP contribution in [0.15, 0.2) is 10.5 Å². The molecule has 0 saturated heterocycles. The standard InChI is InChI=1S/C14H23NO2/c1-10-8-13(12(3)17-10)11(2)15-9-14(16)6-4-5-7-14/h8,11,15-16H,4-7,9H2,1-3H3. The van der Waals surface area contributed by atoms with E-state index in [-0.39, 0.29) is 6.04 Å². The molecule has 1 fully saturated rings. The molecule has 1 aromatic heterocycles. The fraction of sp³-hybridized carbons (Fsp3) is 0.714. The maximum Gasteiger partial charge on any atom is 0.105 e. The van der Waals surface area contributed by atoms with Crippen LogP contribution in [0.3, 0.4) is 0 Å². The lowest BCUT2D eigenvalue weighted by Crippen LogP contribution is -2.39. The van der Waals surface area contributed by atoms with E-state index >= 15 is 0 Å². The average Bonchev–Trinajstić information content (AvgIpc) is 2.83. The van der Waals surface area contributed by atoms with Crippen LogP contribution in [0.5, 0.6) is 0 Å². The van der Waals surface area contributed by atoms with Gasteiger partial charge in [0.1, 0.15) is 11.5 Å². The summed E-state index contributed by atoms with van der Waals surface area (Å²) in [5.41, 5.74) is 0.713. The minimum Gasteiger partial charge on any atom is -0.466 e. The number of furan rings is 1. The highest BCUT2D eigenvalue weighted by Gasteiger charge is 2.31. The van der Waals surface area contributed by atoms with E-state index in [9.17, 15) is 5.11 Å². The van der Waals surface area contributed by atoms with Gasteiger partial charge in [-0.15, -0.1) is 0 Å². The summed E-state index contributed by atoms with van der Waals surface area (Å²) in [4.78, 5) is 0. The first-order chi connectivity index (χ1) is 8.00. The van der Waals surface area contributed by atoms with E-state index in [4.69, 9.17) is 4.42 Å². The molecule has 0 amide bonds. The molecule has 1 atom stereocenters. The van der Waals surface area contributed by atoms with Gasteiger partial charge in [0, 0.05) is 18.2 Å². The summed E-state index contributed by atoms with van der Waals surface area (Å²) >= 11 is 0. The summed E-state index contributed by atoms with van der Waals surface area (Å²) < 4.78 is 5.53. The van der Waals surface area contributed by atoms with Gasteiger partial charge in [-0.1, -0.05) is 12.8 Å². The summed E-state index contributed by atoms with van der Waals surface area (Å²) in [6.45, 7) is 6.76. The number of nitrogens with one attached hydrogen (secondary N) is 1. The molecule has 17 heavy (non-hydrogen) atoms. The van der Waals surface area contributed by atoms with Crippen molar-refractivity contribution in [3.63, 3.8) is 0 Å². The van der Waals surface area contributed by atoms with Crippen molar-refractivity contribution in [2.45, 2.75) is 58.1 Å². The molecule has 1 aromatic rings. The Morgan fingerprint density at radius 3 is 2.59 bits per heavy atom. The Labute approximate surface area is 103 Å². The topological polar surface area (TPSA) is 45.4 Å². The van der Waals surface area contributed by atoms with Crippen LogP contribution in [0.25, 0.3) is 0 Å². The third kappa shape index (κ3) is 2.90. The lowest BCUT2D eigenvalue weighted by molar-refractivity contribution is 0.0453. The van der Waals surface area contributed by atoms with Crippen LogP contribution in [0.1, 0.15) is 55.7 Å². The smallest absolute Gasteiger partial charge is 0.105 e. The Morgan fingerprint density at radius 2 is 2.06 bits per heavy atom. The molecule has 96 valence electrons. The van der Waals surface area contributed by atoms with Crippen molar-refractivity contribution in [3.8, 4) is 0 Å². The van der Waals surface area contributed by atoms with Gasteiger partial charge in [-0.05, 0) is 39.7 Å². The van der Waals surface area contributed by atoms with Crippen LogP contribution >= 0.6 is 0 Å². The Bertz CT molecular complexity index is 378. The van der Waals surface area contributed by atoms with E-state index in [2.05, 4.69) is 18.3 Å². The van der Waals surface area contributed by atoms with Gasteiger partial charge >= 0.3 is 0 Å². The lowest BCUT2D eigenvalue weighted by atomic mass is 10.0. The molecule has 3 nitrogen and oxygen atoms in total. The maximum atomic E-state index is 10.3. The van der Waals surface area contributed by atoms with Crippen molar-refractivity contribution < 1.29 is 9.52 Å². The first-order valence-electron chi connectivity index (χ1n) is 6.53. The van der Waals surface area contributed by atoms with Gasteiger partial charge in [0.05, 0.1) is 5.60 Å². The second-order valence-electron chi connectivity index (χ2n) is 5.40. The second kappa shape index (κ2) is 4.83. The molecule has 1 heterocycles. The number of hydrogen-bond donors (Lipinski definition) is 2. The number of rotatable bonds is 4. The molecule has 0 aliphatic heterocycles. The molecule has 0 aromatic carbocycles. The Morgan fingerprint density at radius 1 is 1.41 bits per heavy atom. The van der Waals surface area contributed by atoms with Crippen molar-refractivity contribution in [2.24, 2.45) is 0 Å². The van der Waals surface area contributed by atoms with E-state index in [1.807, 2.05) is 13.8 Å². The van der Waals surface area contributed by atoms with Gasteiger partial charge in [-0.3, -0.25) is 0 Å². The maximum absolute atomic E-state index is 10.3. The Hall–Kier alpha value is -0.800. The first kappa shape index (κ1) is 12.7. The molecule has 0 spiro atoms. The molecular formula is C14H23NO2. The van der Waals surface area contributed by atoms with Gasteiger partial charge in [-0.25, -0.2) is 0 Å². The van der Waals surface area contributed by atoms with E-state index in [1.165, 1.54) is 5.56 Å². The van der Waals surface area contributed by atoms with Crippen LogP contribution in [0.2, 0.25) is 0 Å². The molecule has 2 N–H and O–H groups in total. The molecule has 1 aliphatic rings. The molecule has 3 heteroatoms. The first-order valence-corrected chi connectivity index (χ1v) is 6.53. The Balaban J connectivity index is 1.93. The van der Waals surface area contributed by atoms with Crippen LogP contribution in [-0.4, -0.2) is 17.3 Å². The molecule has 1 saturated carbocycles. The normalized spacial score (nSPS) is 20.7. The fourth-order valence-corrected chi connectivity index (χ4v) is 2.74. The van der Waals surface area contributed by atoms with Gasteiger partial charge in [0.25, 0.3) is 0 Å². The SMILES string of the molecule is Cc1cc(C(C)NCC2(O)CCCC2)c(C)o1. The summed E-state index contributed by atoms with van der Waals surface area (Å²) in [6, 6.07) is 2.31. The van der Waals surface area contributed by atoms with Gasteiger partial charge in [0.15, 0.2) is 0 Å². The predicted molar refractivity (Wildman–Crippen MR) is 68.0 cm³/mol. The molecule has 1 unspecified atom stereocenters. The number of aliphatic hydroxyl groups is 1. The second-order valence-corrected chi connectivity index (χ2v) is 5.40. The van der Waals surface area contributed by atoms with Gasteiger partial charge in [0.2, 0.25) is 0 Å². The van der Waals surface area contributed by atoms with Crippen LogP contribution in [0, 0.1) is 13.8 Å². The van der Waals surface area contributed by atoms with E-state index in [1.54, 1.807) is 0 Å². The summed E-state index contributed by atoms with van der Waals surface area (Å²) in [5, 5.41) is 13.7. The third-order valence-electron chi connectivity index (χ3n) is 3.82. The van der Waals surface area contributed by atoms with E-state index < -0.39 is 5.60 Å². The van der Waals surface area contributed by atoms with Gasteiger partial charge in [-0.2, -0.15) is 0 Å². The quantitative estimate of drug-likeness (QED) is 0.846. The van der Waals surface area contributed by atoms with Crippen molar-refractivity contribution in [1.29, 1.82) is 0 Å². The predicted octanol–water partition coefficient (Wildman–Crippen LogP) is 2.85. The van der Waals surface area contributed by atoms with Crippen molar-refractivity contribution in [3.05, 3.63) is 23.2 Å². The summed E-state index contributed by atoms with van der Waals surface area (Å²) in [7, 11) is 0. The van der Waals surface area contributed by atoms with Gasteiger partial charge < -0.3 is 14.8 Å². The Kier molecular flexibility index (Phi) is 3.59. The highest BCUT2D eigenvalue weighted by Crippen LogP contribution is 2.29. The van der Waals surface area contributed by atoms with Crippen molar-refractivity contribution in [2.75, 3.05) is 6.54 Å². The van der Waals surface area contributed by atoms with Crippen molar-refractivity contribution >= 4 is 0 Å². The highest BCUT2D eigenvalue weighted by atomic mass is 16.3. The zero-order valence-electron chi connectivity index (χ0n) is 11.0.